The van der Waals surface area contributed by atoms with E-state index in [-0.39, 0.29) is 0 Å². The topological polar surface area (TPSA) is 16.4 Å². The first-order chi connectivity index (χ1) is 6.45. The zero-order valence-corrected chi connectivity index (χ0v) is 7.46. The van der Waals surface area contributed by atoms with Gasteiger partial charge in [-0.3, -0.25) is 0 Å². The van der Waals surface area contributed by atoms with Crippen molar-refractivity contribution in [2.24, 2.45) is 0 Å². The molecule has 1 N–H and O–H groups in total. The second kappa shape index (κ2) is 2.60. The highest BCUT2D eigenvalue weighted by atomic mass is 14.9. The predicted octanol–water partition coefficient (Wildman–Crippen LogP) is 1.58. The third kappa shape index (κ3) is 0.988. The van der Waals surface area contributed by atoms with E-state index in [1.165, 1.54) is 16.6 Å². The molecule has 0 radical (unpaired) electrons. The van der Waals surface area contributed by atoms with Crippen LogP contribution in [0.25, 0.3) is 5.52 Å². The molecular weight excluding hydrogens is 160 g/mol. The summed E-state index contributed by atoms with van der Waals surface area (Å²) in [4.78, 5) is 0. The van der Waals surface area contributed by atoms with Crippen LogP contribution in [-0.4, -0.2) is 10.9 Å². The van der Waals surface area contributed by atoms with Crippen LogP contribution >= 0.6 is 0 Å². The Morgan fingerprint density at radius 3 is 3.31 bits per heavy atom. The number of fused-ring (bicyclic) bond motifs is 3. The lowest BCUT2D eigenvalue weighted by molar-refractivity contribution is 0.649. The molecule has 3 rings (SSSR count). The molecule has 13 heavy (non-hydrogen) atoms. The molecule has 2 nitrogen and oxygen atoms in total. The van der Waals surface area contributed by atoms with Crippen LogP contribution in [0.5, 0.6) is 0 Å². The third-order valence-electron chi connectivity index (χ3n) is 2.75. The summed E-state index contributed by atoms with van der Waals surface area (Å²) in [5.41, 5.74) is 4.36. The summed E-state index contributed by atoms with van der Waals surface area (Å²) >= 11 is 0. The van der Waals surface area contributed by atoms with Crippen molar-refractivity contribution in [2.75, 3.05) is 6.54 Å². The van der Waals surface area contributed by atoms with Crippen molar-refractivity contribution in [2.45, 2.75) is 13.0 Å². The van der Waals surface area contributed by atoms with Crippen LogP contribution in [0.1, 0.15) is 11.1 Å². The lowest BCUT2D eigenvalue weighted by Crippen LogP contribution is -2.22. The van der Waals surface area contributed by atoms with Crippen LogP contribution in [0.15, 0.2) is 30.6 Å². The van der Waals surface area contributed by atoms with Gasteiger partial charge >= 0.3 is 0 Å². The number of pyridine rings is 1. The van der Waals surface area contributed by atoms with Crippen molar-refractivity contribution in [1.29, 1.82) is 0 Å². The van der Waals surface area contributed by atoms with Gasteiger partial charge in [-0.05, 0) is 36.2 Å². The monoisotopic (exact) mass is 172 g/mol. The number of aromatic nitrogens is 1. The summed E-state index contributed by atoms with van der Waals surface area (Å²) in [6.07, 6.45) is 5.51. The molecule has 0 saturated heterocycles. The minimum atomic E-state index is 1.02. The number of hydrogen-bond acceptors (Lipinski definition) is 1. The molecule has 0 bridgehead atoms. The molecule has 0 saturated carbocycles. The van der Waals surface area contributed by atoms with E-state index < -0.39 is 0 Å². The maximum absolute atomic E-state index is 3.39. The summed E-state index contributed by atoms with van der Waals surface area (Å²) in [5, 5.41) is 3.39. The van der Waals surface area contributed by atoms with Gasteiger partial charge in [0.25, 0.3) is 0 Å². The Bertz CT molecular complexity index is 442. The first-order valence-electron chi connectivity index (χ1n) is 4.73. The summed E-state index contributed by atoms with van der Waals surface area (Å²) < 4.78 is 2.22. The molecule has 3 heterocycles. The summed E-state index contributed by atoms with van der Waals surface area (Å²) in [7, 11) is 0. The second-order valence-electron chi connectivity index (χ2n) is 3.55. The molecule has 0 aliphatic carbocycles. The molecule has 2 aromatic heterocycles. The van der Waals surface area contributed by atoms with Crippen molar-refractivity contribution in [3.63, 3.8) is 0 Å². The zero-order chi connectivity index (χ0) is 8.67. The van der Waals surface area contributed by atoms with Crippen LogP contribution in [0.4, 0.5) is 0 Å². The highest BCUT2D eigenvalue weighted by molar-refractivity contribution is 5.59. The highest BCUT2D eigenvalue weighted by Crippen LogP contribution is 2.21. The molecule has 0 atom stereocenters. The van der Waals surface area contributed by atoms with Gasteiger partial charge in [-0.1, -0.05) is 6.07 Å². The molecule has 0 unspecified atom stereocenters. The molecule has 1 aliphatic heterocycles. The van der Waals surface area contributed by atoms with Crippen molar-refractivity contribution in [1.82, 2.24) is 9.72 Å². The number of rotatable bonds is 0. The lowest BCUT2D eigenvalue weighted by Gasteiger charge is -2.12. The van der Waals surface area contributed by atoms with Gasteiger partial charge in [-0.2, -0.15) is 0 Å². The van der Waals surface area contributed by atoms with Gasteiger partial charge in [0.1, 0.15) is 0 Å². The number of nitrogens with zero attached hydrogens (tertiary/aromatic N) is 1. The van der Waals surface area contributed by atoms with E-state index in [9.17, 15) is 0 Å². The van der Waals surface area contributed by atoms with E-state index in [0.717, 1.165) is 19.5 Å². The number of hydrogen-bond donors (Lipinski definition) is 1. The lowest BCUT2D eigenvalue weighted by atomic mass is 10.1. The Kier molecular flexibility index (Phi) is 1.43. The molecule has 0 amide bonds. The smallest absolute Gasteiger partial charge is 0.0485 e. The largest absolute Gasteiger partial charge is 0.323 e. The minimum Gasteiger partial charge on any atom is -0.323 e. The van der Waals surface area contributed by atoms with Crippen LogP contribution in [0.3, 0.4) is 0 Å². The SMILES string of the molecule is c1ccn2cc3c(c2c1)CCNC3. The Balaban J connectivity index is 2.34. The van der Waals surface area contributed by atoms with Crippen molar-refractivity contribution >= 4 is 5.52 Å². The van der Waals surface area contributed by atoms with Gasteiger partial charge in [0.15, 0.2) is 0 Å². The highest BCUT2D eigenvalue weighted by Gasteiger charge is 2.12. The van der Waals surface area contributed by atoms with Gasteiger partial charge in [-0.15, -0.1) is 0 Å². The third-order valence-corrected chi connectivity index (χ3v) is 2.75. The fourth-order valence-corrected chi connectivity index (χ4v) is 2.11. The maximum Gasteiger partial charge on any atom is 0.0485 e. The van der Waals surface area contributed by atoms with Gasteiger partial charge in [0.2, 0.25) is 0 Å². The fourth-order valence-electron chi connectivity index (χ4n) is 2.11. The van der Waals surface area contributed by atoms with Crippen LogP contribution in [0, 0.1) is 0 Å². The van der Waals surface area contributed by atoms with Crippen LogP contribution in [0.2, 0.25) is 0 Å². The minimum absolute atomic E-state index is 1.02. The Morgan fingerprint density at radius 2 is 2.31 bits per heavy atom. The van der Waals surface area contributed by atoms with Crippen LogP contribution < -0.4 is 5.32 Å². The summed E-state index contributed by atoms with van der Waals surface area (Å²) in [6, 6.07) is 6.38. The van der Waals surface area contributed by atoms with Gasteiger partial charge < -0.3 is 9.72 Å². The van der Waals surface area contributed by atoms with Crippen molar-refractivity contribution in [3.8, 4) is 0 Å². The summed E-state index contributed by atoms with van der Waals surface area (Å²) in [6.45, 7) is 2.14. The predicted molar refractivity (Wildman–Crippen MR) is 52.8 cm³/mol. The molecule has 0 fully saturated rings. The van der Waals surface area contributed by atoms with E-state index in [0.29, 0.717) is 0 Å². The van der Waals surface area contributed by atoms with E-state index >= 15 is 0 Å². The van der Waals surface area contributed by atoms with E-state index in [1.54, 1.807) is 0 Å². The first-order valence-corrected chi connectivity index (χ1v) is 4.73. The van der Waals surface area contributed by atoms with E-state index in [4.69, 9.17) is 0 Å². The molecule has 66 valence electrons. The van der Waals surface area contributed by atoms with Crippen molar-refractivity contribution < 1.29 is 0 Å². The fraction of sp³-hybridized carbons (Fsp3) is 0.273. The average Bonchev–Trinajstić information content (AvgIpc) is 2.56. The Hall–Kier alpha value is -1.28. The molecule has 2 heteroatoms. The molecular formula is C11H12N2. The second-order valence-corrected chi connectivity index (χ2v) is 3.55. The normalized spacial score (nSPS) is 16.0. The molecule has 0 spiro atoms. The van der Waals surface area contributed by atoms with Gasteiger partial charge in [-0.25, -0.2) is 0 Å². The molecule has 2 aromatic rings. The van der Waals surface area contributed by atoms with Crippen LogP contribution in [-0.2, 0) is 13.0 Å². The van der Waals surface area contributed by atoms with E-state index in [2.05, 4.69) is 40.3 Å². The van der Waals surface area contributed by atoms with E-state index in [1.807, 2.05) is 0 Å². The molecule has 1 aliphatic rings. The average molecular weight is 172 g/mol. The first kappa shape index (κ1) is 7.15. The maximum atomic E-state index is 3.39. The number of nitrogens with one attached hydrogen (secondary N) is 1. The van der Waals surface area contributed by atoms with Crippen molar-refractivity contribution in [3.05, 3.63) is 41.7 Å². The quantitative estimate of drug-likeness (QED) is 0.638. The Labute approximate surface area is 77.2 Å². The Morgan fingerprint density at radius 1 is 1.31 bits per heavy atom. The summed E-state index contributed by atoms with van der Waals surface area (Å²) in [5.74, 6) is 0. The molecule has 0 aromatic carbocycles. The van der Waals surface area contributed by atoms with Gasteiger partial charge in [0.05, 0.1) is 0 Å². The van der Waals surface area contributed by atoms with Gasteiger partial charge in [0, 0.05) is 24.5 Å². The zero-order valence-electron chi connectivity index (χ0n) is 7.46. The standard InChI is InChI=1S/C11H12N2/c1-2-6-13-8-9-7-12-5-4-10(9)11(13)3-1/h1-3,6,8,12H,4-5,7H2.